The Labute approximate surface area is 170 Å². The number of nitrogens with one attached hydrogen (secondary N) is 1. The maximum absolute atomic E-state index is 13.0. The summed E-state index contributed by atoms with van der Waals surface area (Å²) in [7, 11) is 0. The van der Waals surface area contributed by atoms with Crippen LogP contribution >= 0.6 is 23.2 Å². The van der Waals surface area contributed by atoms with E-state index in [1.165, 1.54) is 18.2 Å². The van der Waals surface area contributed by atoms with Crippen LogP contribution in [0, 0.1) is 5.41 Å². The zero-order valence-corrected chi connectivity index (χ0v) is 16.7. The Morgan fingerprint density at radius 2 is 1.71 bits per heavy atom. The summed E-state index contributed by atoms with van der Waals surface area (Å²) >= 11 is 12.1. The highest BCUT2D eigenvalue weighted by Gasteiger charge is 2.68. The lowest BCUT2D eigenvalue weighted by molar-refractivity contribution is -0.138. The summed E-state index contributed by atoms with van der Waals surface area (Å²) < 4.78 is 38.0. The first kappa shape index (κ1) is 21.2. The first-order valence-corrected chi connectivity index (χ1v) is 9.55. The number of alkyl halides is 5. The fraction of sp³-hybridized carbons (Fsp3) is 0.556. The summed E-state index contributed by atoms with van der Waals surface area (Å²) in [5, 5.41) is 2.33. The molecular formula is C18H20Cl2F3N3O2. The molecule has 10 heteroatoms. The van der Waals surface area contributed by atoms with Gasteiger partial charge in [0.25, 0.3) is 0 Å². The van der Waals surface area contributed by atoms with Crippen molar-refractivity contribution in [2.45, 2.75) is 23.9 Å². The van der Waals surface area contributed by atoms with E-state index >= 15 is 0 Å². The van der Waals surface area contributed by atoms with Crippen molar-refractivity contribution >= 4 is 40.7 Å². The van der Waals surface area contributed by atoms with Crippen LogP contribution in [0.25, 0.3) is 0 Å². The number of hydrogen-bond acceptors (Lipinski definition) is 3. The van der Waals surface area contributed by atoms with Gasteiger partial charge in [-0.1, -0.05) is 12.1 Å². The van der Waals surface area contributed by atoms with Gasteiger partial charge in [-0.3, -0.25) is 14.5 Å². The molecular weight excluding hydrogens is 418 g/mol. The van der Waals surface area contributed by atoms with Gasteiger partial charge in [0.05, 0.1) is 23.2 Å². The molecule has 0 aromatic heterocycles. The molecule has 1 aliphatic heterocycles. The van der Waals surface area contributed by atoms with E-state index in [9.17, 15) is 22.8 Å². The molecule has 1 heterocycles. The Balaban J connectivity index is 1.52. The third-order valence-electron chi connectivity index (χ3n) is 5.26. The van der Waals surface area contributed by atoms with Crippen molar-refractivity contribution in [2.75, 3.05) is 38.0 Å². The Bertz CT molecular complexity index is 780. The average molecular weight is 438 g/mol. The van der Waals surface area contributed by atoms with Crippen molar-refractivity contribution in [3.05, 3.63) is 29.8 Å². The second-order valence-electron chi connectivity index (χ2n) is 7.37. The van der Waals surface area contributed by atoms with E-state index in [0.29, 0.717) is 32.6 Å². The molecule has 2 fully saturated rings. The number of halogens is 5. The summed E-state index contributed by atoms with van der Waals surface area (Å²) in [5.74, 6) is -0.646. The van der Waals surface area contributed by atoms with Gasteiger partial charge in [-0.2, -0.15) is 13.2 Å². The zero-order chi connectivity index (χ0) is 20.7. The van der Waals surface area contributed by atoms with Crippen LogP contribution in [0.3, 0.4) is 0 Å². The van der Waals surface area contributed by atoms with Crippen LogP contribution in [0.5, 0.6) is 0 Å². The van der Waals surface area contributed by atoms with E-state index in [1.807, 2.05) is 0 Å². The summed E-state index contributed by atoms with van der Waals surface area (Å²) in [6.07, 6.45) is -4.14. The van der Waals surface area contributed by atoms with E-state index in [2.05, 4.69) is 5.32 Å². The first-order chi connectivity index (χ1) is 12.9. The molecule has 2 aliphatic rings. The molecule has 0 unspecified atom stereocenters. The van der Waals surface area contributed by atoms with Gasteiger partial charge in [0.1, 0.15) is 4.33 Å². The fourth-order valence-electron chi connectivity index (χ4n) is 3.32. The molecule has 1 atom stereocenters. The predicted octanol–water partition coefficient (Wildman–Crippen LogP) is 3.37. The molecule has 5 nitrogen and oxygen atoms in total. The molecule has 0 radical (unpaired) electrons. The number of para-hydroxylation sites is 1. The zero-order valence-electron chi connectivity index (χ0n) is 15.2. The van der Waals surface area contributed by atoms with Gasteiger partial charge in [-0.05, 0) is 25.5 Å². The van der Waals surface area contributed by atoms with E-state index in [4.69, 9.17) is 23.2 Å². The molecule has 2 amide bonds. The maximum atomic E-state index is 13.0. The first-order valence-electron chi connectivity index (χ1n) is 8.80. The molecule has 1 aromatic carbocycles. The average Bonchev–Trinajstić information content (AvgIpc) is 3.13. The molecule has 154 valence electrons. The minimum absolute atomic E-state index is 0.0551. The lowest BCUT2D eigenvalue weighted by Crippen LogP contribution is -2.52. The molecule has 1 aromatic rings. The molecule has 1 N–H and O–H groups in total. The predicted molar refractivity (Wildman–Crippen MR) is 100 cm³/mol. The van der Waals surface area contributed by atoms with Crippen LogP contribution in [0.2, 0.25) is 0 Å². The highest BCUT2D eigenvalue weighted by molar-refractivity contribution is 6.53. The van der Waals surface area contributed by atoms with Crippen molar-refractivity contribution in [3.8, 4) is 0 Å². The monoisotopic (exact) mass is 437 g/mol. The number of anilines is 1. The smallest absolute Gasteiger partial charge is 0.340 e. The minimum atomic E-state index is -4.55. The van der Waals surface area contributed by atoms with Crippen LogP contribution in [-0.2, 0) is 15.8 Å². The summed E-state index contributed by atoms with van der Waals surface area (Å²) in [5.41, 5.74) is -1.94. The van der Waals surface area contributed by atoms with E-state index < -0.39 is 27.4 Å². The highest BCUT2D eigenvalue weighted by Crippen LogP contribution is 2.64. The number of carbonyl (C=O) groups is 2. The largest absolute Gasteiger partial charge is 0.418 e. The van der Waals surface area contributed by atoms with E-state index in [0.717, 1.165) is 6.07 Å². The number of benzene rings is 1. The molecule has 0 bridgehead atoms. The van der Waals surface area contributed by atoms with Gasteiger partial charge >= 0.3 is 6.18 Å². The lowest BCUT2D eigenvalue weighted by atomic mass is 10.1. The van der Waals surface area contributed by atoms with Gasteiger partial charge in [0.2, 0.25) is 11.8 Å². The van der Waals surface area contributed by atoms with Crippen molar-refractivity contribution in [1.29, 1.82) is 0 Å². The second kappa shape index (κ2) is 7.39. The quantitative estimate of drug-likeness (QED) is 0.734. The van der Waals surface area contributed by atoms with Crippen molar-refractivity contribution in [3.63, 3.8) is 0 Å². The van der Waals surface area contributed by atoms with Crippen LogP contribution < -0.4 is 5.32 Å². The van der Waals surface area contributed by atoms with Crippen LogP contribution in [-0.4, -0.2) is 58.7 Å². The maximum Gasteiger partial charge on any atom is 0.418 e. The van der Waals surface area contributed by atoms with Crippen LogP contribution in [0.15, 0.2) is 24.3 Å². The Kier molecular flexibility index (Phi) is 5.59. The molecule has 3 rings (SSSR count). The molecule has 1 saturated heterocycles. The van der Waals surface area contributed by atoms with Crippen molar-refractivity contribution in [1.82, 2.24) is 9.80 Å². The molecule has 1 aliphatic carbocycles. The van der Waals surface area contributed by atoms with E-state index in [1.54, 1.807) is 16.7 Å². The number of piperazine rings is 1. The topological polar surface area (TPSA) is 52.7 Å². The molecule has 1 saturated carbocycles. The van der Waals surface area contributed by atoms with Crippen LogP contribution in [0.4, 0.5) is 18.9 Å². The Hall–Kier alpha value is -1.51. The van der Waals surface area contributed by atoms with Gasteiger partial charge in [0.15, 0.2) is 0 Å². The number of carbonyl (C=O) groups excluding carboxylic acids is 2. The molecule has 28 heavy (non-hydrogen) atoms. The number of rotatable bonds is 4. The summed E-state index contributed by atoms with van der Waals surface area (Å²) in [6.45, 7) is 3.37. The van der Waals surface area contributed by atoms with Gasteiger partial charge in [-0.15, -0.1) is 23.2 Å². The number of amides is 2. The SMILES string of the molecule is C[C@]1(C(=O)N2CCN(CC(=O)Nc3ccccc3C(F)(F)F)CC2)CC1(Cl)Cl. The third kappa shape index (κ3) is 4.23. The molecule has 0 spiro atoms. The Morgan fingerprint density at radius 3 is 2.25 bits per heavy atom. The van der Waals surface area contributed by atoms with Gasteiger partial charge in [-0.25, -0.2) is 0 Å². The minimum Gasteiger partial charge on any atom is -0.340 e. The fourth-order valence-corrected chi connectivity index (χ4v) is 4.02. The van der Waals surface area contributed by atoms with Crippen molar-refractivity contribution < 1.29 is 22.8 Å². The van der Waals surface area contributed by atoms with Crippen LogP contribution in [0.1, 0.15) is 18.9 Å². The van der Waals surface area contributed by atoms with Gasteiger partial charge < -0.3 is 10.2 Å². The van der Waals surface area contributed by atoms with Crippen molar-refractivity contribution in [2.24, 2.45) is 5.41 Å². The lowest BCUT2D eigenvalue weighted by Gasteiger charge is -2.36. The third-order valence-corrected chi connectivity index (χ3v) is 6.36. The van der Waals surface area contributed by atoms with Gasteiger partial charge in [0, 0.05) is 26.2 Å². The highest BCUT2D eigenvalue weighted by atomic mass is 35.5. The second-order valence-corrected chi connectivity index (χ2v) is 8.86. The number of nitrogens with zero attached hydrogens (tertiary/aromatic N) is 2. The van der Waals surface area contributed by atoms with E-state index in [-0.39, 0.29) is 18.1 Å². The standard InChI is InChI=1S/C18H20Cl2F3N3O2/c1-16(11-17(16,19)20)15(28)26-8-6-25(7-9-26)10-14(27)24-13-5-3-2-4-12(13)18(21,22)23/h2-5H,6-11H2,1H3,(H,24,27)/t16-/m1/s1. The number of hydrogen-bond donors (Lipinski definition) is 1. The Morgan fingerprint density at radius 1 is 1.14 bits per heavy atom. The summed E-state index contributed by atoms with van der Waals surface area (Å²) in [6, 6.07) is 4.84. The summed E-state index contributed by atoms with van der Waals surface area (Å²) in [4.78, 5) is 28.2. The normalized spacial score (nSPS) is 24.7.